The molecule has 2 atom stereocenters. The van der Waals surface area contributed by atoms with Crippen LogP contribution in [0.15, 0.2) is 52.0 Å². The van der Waals surface area contributed by atoms with Crippen LogP contribution in [0.2, 0.25) is 5.02 Å². The lowest BCUT2D eigenvalue weighted by Crippen LogP contribution is -2.39. The molecule has 2 unspecified atom stereocenters. The van der Waals surface area contributed by atoms with E-state index in [1.54, 1.807) is 42.5 Å². The molecule has 1 saturated heterocycles. The Balaban J connectivity index is 1.83. The van der Waals surface area contributed by atoms with Crippen molar-refractivity contribution in [2.24, 2.45) is 11.0 Å². The van der Waals surface area contributed by atoms with Crippen LogP contribution < -0.4 is 9.91 Å². The van der Waals surface area contributed by atoms with Crippen molar-refractivity contribution in [2.75, 3.05) is 9.91 Å². The van der Waals surface area contributed by atoms with Crippen molar-refractivity contribution >= 4 is 62.2 Å². The predicted molar refractivity (Wildman–Crippen MR) is 111 cm³/mol. The van der Waals surface area contributed by atoms with E-state index in [0.29, 0.717) is 16.4 Å². The molecule has 0 N–H and O–H groups in total. The van der Waals surface area contributed by atoms with Gasteiger partial charge in [0.2, 0.25) is 5.91 Å². The number of amides is 2. The number of carbonyl (C=O) groups is 3. The number of Topliss-reactive ketones (excluding diaryl/α,β-unsaturated/α-hetero) is 1. The van der Waals surface area contributed by atoms with E-state index >= 15 is 0 Å². The minimum Gasteiger partial charge on any atom is -0.293 e. The van der Waals surface area contributed by atoms with Gasteiger partial charge in [0, 0.05) is 16.4 Å². The SMILES string of the molecule is CC(=O)C1=NN(c2cccc(Cl)c2C)C2C(=O)N(c3ccc(Br)cc3)C(=O)C12. The smallest absolute Gasteiger partial charge is 0.259 e. The van der Waals surface area contributed by atoms with Crippen molar-refractivity contribution < 1.29 is 14.4 Å². The van der Waals surface area contributed by atoms with Gasteiger partial charge in [0.1, 0.15) is 17.7 Å². The topological polar surface area (TPSA) is 70.1 Å². The highest BCUT2D eigenvalue weighted by atomic mass is 79.9. The first kappa shape index (κ1) is 18.8. The van der Waals surface area contributed by atoms with Crippen LogP contribution in [-0.2, 0) is 14.4 Å². The fourth-order valence-electron chi connectivity index (χ4n) is 3.59. The molecule has 0 bridgehead atoms. The van der Waals surface area contributed by atoms with Crippen LogP contribution in [0.5, 0.6) is 0 Å². The Morgan fingerprint density at radius 2 is 1.79 bits per heavy atom. The maximum atomic E-state index is 13.3. The minimum absolute atomic E-state index is 0.0855. The first-order chi connectivity index (χ1) is 13.3. The van der Waals surface area contributed by atoms with Crippen LogP contribution in [0, 0.1) is 12.8 Å². The van der Waals surface area contributed by atoms with Crippen LogP contribution in [0.1, 0.15) is 12.5 Å². The Labute approximate surface area is 174 Å². The molecule has 2 aromatic carbocycles. The third-order valence-electron chi connectivity index (χ3n) is 4.98. The molecule has 8 heteroatoms. The fraction of sp³-hybridized carbons (Fsp3) is 0.200. The van der Waals surface area contributed by atoms with Crippen molar-refractivity contribution in [1.29, 1.82) is 0 Å². The quantitative estimate of drug-likeness (QED) is 0.655. The van der Waals surface area contributed by atoms with Crippen molar-refractivity contribution in [3.8, 4) is 0 Å². The number of hydrogen-bond donors (Lipinski definition) is 0. The summed E-state index contributed by atoms with van der Waals surface area (Å²) in [6.45, 7) is 3.16. The van der Waals surface area contributed by atoms with E-state index in [2.05, 4.69) is 21.0 Å². The molecule has 0 radical (unpaired) electrons. The van der Waals surface area contributed by atoms with Gasteiger partial charge in [-0.1, -0.05) is 33.6 Å². The van der Waals surface area contributed by atoms with Gasteiger partial charge in [0.25, 0.3) is 5.91 Å². The number of hydrogen-bond acceptors (Lipinski definition) is 5. The number of anilines is 2. The van der Waals surface area contributed by atoms with Gasteiger partial charge in [0.05, 0.1) is 11.4 Å². The van der Waals surface area contributed by atoms with Gasteiger partial charge in [-0.3, -0.25) is 19.4 Å². The summed E-state index contributed by atoms with van der Waals surface area (Å²) in [7, 11) is 0. The van der Waals surface area contributed by atoms with E-state index in [4.69, 9.17) is 11.6 Å². The second-order valence-corrected chi connectivity index (χ2v) is 8.00. The van der Waals surface area contributed by atoms with Gasteiger partial charge in [-0.25, -0.2) is 4.90 Å². The van der Waals surface area contributed by atoms with Gasteiger partial charge < -0.3 is 0 Å². The molecule has 0 aliphatic carbocycles. The number of rotatable bonds is 3. The van der Waals surface area contributed by atoms with Gasteiger partial charge in [-0.05, 0) is 48.9 Å². The second kappa shape index (κ2) is 6.83. The molecule has 2 aliphatic heterocycles. The number of halogens is 2. The summed E-state index contributed by atoms with van der Waals surface area (Å²) >= 11 is 9.57. The first-order valence-electron chi connectivity index (χ1n) is 8.58. The molecule has 2 aromatic rings. The lowest BCUT2D eigenvalue weighted by Gasteiger charge is -2.24. The zero-order chi connectivity index (χ0) is 20.2. The largest absolute Gasteiger partial charge is 0.293 e. The predicted octanol–water partition coefficient (Wildman–Crippen LogP) is 3.73. The highest BCUT2D eigenvalue weighted by Gasteiger charge is 2.58. The molecule has 28 heavy (non-hydrogen) atoms. The summed E-state index contributed by atoms with van der Waals surface area (Å²) in [5.41, 5.74) is 1.86. The molecular formula is C20H15BrClN3O3. The molecule has 6 nitrogen and oxygen atoms in total. The van der Waals surface area contributed by atoms with E-state index in [1.807, 2.05) is 6.92 Å². The maximum Gasteiger partial charge on any atom is 0.259 e. The molecular weight excluding hydrogens is 446 g/mol. The van der Waals surface area contributed by atoms with Gasteiger partial charge in [-0.15, -0.1) is 0 Å². The van der Waals surface area contributed by atoms with Crippen LogP contribution in [0.25, 0.3) is 0 Å². The molecule has 0 aromatic heterocycles. The molecule has 142 valence electrons. The average molecular weight is 461 g/mol. The highest BCUT2D eigenvalue weighted by molar-refractivity contribution is 9.10. The van der Waals surface area contributed by atoms with E-state index < -0.39 is 23.8 Å². The summed E-state index contributed by atoms with van der Waals surface area (Å²) in [6.07, 6.45) is 0. The first-order valence-corrected chi connectivity index (χ1v) is 9.75. The molecule has 1 fully saturated rings. The summed E-state index contributed by atoms with van der Waals surface area (Å²) in [5, 5.41) is 6.33. The highest BCUT2D eigenvalue weighted by Crippen LogP contribution is 2.40. The summed E-state index contributed by atoms with van der Waals surface area (Å²) in [4.78, 5) is 39.7. The third kappa shape index (κ3) is 2.77. The summed E-state index contributed by atoms with van der Waals surface area (Å²) in [5.74, 6) is -2.15. The minimum atomic E-state index is -0.938. The molecule has 2 aliphatic rings. The van der Waals surface area contributed by atoms with Crippen molar-refractivity contribution in [1.82, 2.24) is 0 Å². The number of benzene rings is 2. The van der Waals surface area contributed by atoms with E-state index in [0.717, 1.165) is 14.9 Å². The molecule has 2 heterocycles. The number of imide groups is 1. The van der Waals surface area contributed by atoms with E-state index in [1.165, 1.54) is 11.9 Å². The number of ketones is 1. The standard InChI is InChI=1S/C20H15BrClN3O3/c1-10-14(22)4-3-5-15(10)25-18-16(17(23-25)11(2)26)19(27)24(20(18)28)13-8-6-12(21)7-9-13/h3-9,16,18H,1-2H3. The van der Waals surface area contributed by atoms with Crippen LogP contribution in [-0.4, -0.2) is 29.4 Å². The zero-order valence-electron chi connectivity index (χ0n) is 15.0. The van der Waals surface area contributed by atoms with Crippen molar-refractivity contribution in [3.63, 3.8) is 0 Å². The maximum absolute atomic E-state index is 13.3. The normalized spacial score (nSPS) is 21.2. The Bertz CT molecular complexity index is 1050. The fourth-order valence-corrected chi connectivity index (χ4v) is 4.03. The zero-order valence-corrected chi connectivity index (χ0v) is 17.4. The Hall–Kier alpha value is -2.51. The Kier molecular flexibility index (Phi) is 4.59. The molecule has 0 saturated carbocycles. The Morgan fingerprint density at radius 1 is 1.11 bits per heavy atom. The lowest BCUT2D eigenvalue weighted by atomic mass is 9.95. The Morgan fingerprint density at radius 3 is 2.43 bits per heavy atom. The number of nitrogens with zero attached hydrogens (tertiary/aromatic N) is 3. The molecule has 4 rings (SSSR count). The molecule has 0 spiro atoms. The monoisotopic (exact) mass is 459 g/mol. The second-order valence-electron chi connectivity index (χ2n) is 6.68. The van der Waals surface area contributed by atoms with Gasteiger partial charge in [-0.2, -0.15) is 5.10 Å². The van der Waals surface area contributed by atoms with E-state index in [9.17, 15) is 14.4 Å². The number of fused-ring (bicyclic) bond motifs is 1. The van der Waals surface area contributed by atoms with Crippen LogP contribution in [0.4, 0.5) is 11.4 Å². The summed E-state index contributed by atoms with van der Waals surface area (Å²) in [6, 6.07) is 11.2. The number of carbonyl (C=O) groups excluding carboxylic acids is 3. The van der Waals surface area contributed by atoms with E-state index in [-0.39, 0.29) is 11.5 Å². The van der Waals surface area contributed by atoms with Gasteiger partial charge in [0.15, 0.2) is 5.78 Å². The summed E-state index contributed by atoms with van der Waals surface area (Å²) < 4.78 is 0.831. The third-order valence-corrected chi connectivity index (χ3v) is 5.92. The van der Waals surface area contributed by atoms with Crippen LogP contribution in [0.3, 0.4) is 0 Å². The average Bonchev–Trinajstić information content (AvgIpc) is 3.16. The van der Waals surface area contributed by atoms with Crippen molar-refractivity contribution in [2.45, 2.75) is 19.9 Å². The molecule has 2 amide bonds. The van der Waals surface area contributed by atoms with Crippen molar-refractivity contribution in [3.05, 3.63) is 57.5 Å². The lowest BCUT2D eigenvalue weighted by molar-refractivity contribution is -0.122. The number of hydrazone groups is 1. The van der Waals surface area contributed by atoms with Crippen LogP contribution >= 0.6 is 27.5 Å². The van der Waals surface area contributed by atoms with Gasteiger partial charge >= 0.3 is 0 Å².